The number of hydrogen-bond acceptors (Lipinski definition) is 10. The zero-order valence-electron chi connectivity index (χ0n) is 24.0. The number of nitrogens with zero attached hydrogens (tertiary/aromatic N) is 4. The third-order valence-electron chi connectivity index (χ3n) is 5.45. The Labute approximate surface area is 236 Å². The van der Waals surface area contributed by atoms with Gasteiger partial charge in [0.05, 0.1) is 26.9 Å². The number of imidazole rings is 1. The number of aryl methyl sites for hydroxylation is 1. The normalized spacial score (nSPS) is 13.0. The maximum Gasteiger partial charge on any atom is 0.421 e. The Bertz CT molecular complexity index is 1180. The smallest absolute Gasteiger partial charge is 0.382 e. The fourth-order valence-electron chi connectivity index (χ4n) is 3.49. The maximum absolute atomic E-state index is 11.5. The lowest BCUT2D eigenvalue weighted by Crippen LogP contribution is -2.37. The SMILES string of the molecule is COS(=O)(=O)OCc1c[n+](C)c(N=Nc2c(NCCSSCCNC(C)(C)C)cccc2C(C)(C)C)n1C. The lowest BCUT2D eigenvalue weighted by Gasteiger charge is -2.22. The van der Waals surface area contributed by atoms with Gasteiger partial charge in [0, 0.05) is 35.2 Å². The molecule has 0 unspecified atom stereocenters. The summed E-state index contributed by atoms with van der Waals surface area (Å²) in [5.74, 6) is 2.56. The molecule has 1 heterocycles. The van der Waals surface area contributed by atoms with Crippen molar-refractivity contribution in [3.63, 3.8) is 0 Å². The molecule has 0 saturated carbocycles. The molecule has 38 heavy (non-hydrogen) atoms. The van der Waals surface area contributed by atoms with E-state index < -0.39 is 10.4 Å². The van der Waals surface area contributed by atoms with Crippen molar-refractivity contribution in [2.24, 2.45) is 24.3 Å². The molecule has 214 valence electrons. The van der Waals surface area contributed by atoms with Crippen molar-refractivity contribution in [1.82, 2.24) is 9.88 Å². The Morgan fingerprint density at radius 1 is 1.05 bits per heavy atom. The minimum Gasteiger partial charge on any atom is -0.382 e. The van der Waals surface area contributed by atoms with Gasteiger partial charge in [0.2, 0.25) is 0 Å². The molecule has 0 fully saturated rings. The molecule has 0 atom stereocenters. The van der Waals surface area contributed by atoms with Gasteiger partial charge in [0.25, 0.3) is 0 Å². The first-order valence-corrected chi connectivity index (χ1v) is 16.2. The number of benzene rings is 1. The van der Waals surface area contributed by atoms with Crippen LogP contribution in [0.4, 0.5) is 17.3 Å². The molecular formula is C25H43N6O4S3+. The molecule has 0 radical (unpaired) electrons. The highest BCUT2D eigenvalue weighted by molar-refractivity contribution is 8.76. The van der Waals surface area contributed by atoms with Crippen molar-refractivity contribution < 1.29 is 21.4 Å². The van der Waals surface area contributed by atoms with Crippen LogP contribution in [0.2, 0.25) is 0 Å². The van der Waals surface area contributed by atoms with Crippen molar-refractivity contribution in [2.75, 3.05) is 37.0 Å². The Kier molecular flexibility index (Phi) is 12.1. The summed E-state index contributed by atoms with van der Waals surface area (Å²) in [5.41, 5.74) is 3.40. The second-order valence-corrected chi connectivity index (χ2v) is 14.9. The van der Waals surface area contributed by atoms with Gasteiger partial charge < -0.3 is 10.6 Å². The zero-order chi connectivity index (χ0) is 28.6. The van der Waals surface area contributed by atoms with E-state index in [-0.39, 0.29) is 17.6 Å². The summed E-state index contributed by atoms with van der Waals surface area (Å²) in [4.78, 5) is 0. The number of nitrogens with one attached hydrogen (secondary N) is 2. The molecule has 0 bridgehead atoms. The number of azo groups is 1. The molecule has 2 aromatic rings. The van der Waals surface area contributed by atoms with E-state index in [9.17, 15) is 8.42 Å². The minimum absolute atomic E-state index is 0.138. The molecule has 0 amide bonds. The van der Waals surface area contributed by atoms with E-state index in [1.54, 1.807) is 22.4 Å². The third kappa shape index (κ3) is 10.5. The Hall–Kier alpha value is -1.64. The van der Waals surface area contributed by atoms with Crippen molar-refractivity contribution in [1.29, 1.82) is 0 Å². The first-order valence-electron chi connectivity index (χ1n) is 12.4. The lowest BCUT2D eigenvalue weighted by atomic mass is 9.85. The summed E-state index contributed by atoms with van der Waals surface area (Å²) < 4.78 is 35.9. The van der Waals surface area contributed by atoms with Gasteiger partial charge in [-0.3, -0.25) is 4.18 Å². The summed E-state index contributed by atoms with van der Waals surface area (Å²) in [6.45, 7) is 14.6. The fraction of sp³-hybridized carbons (Fsp3) is 0.640. The van der Waals surface area contributed by atoms with E-state index in [1.165, 1.54) is 0 Å². The molecule has 0 aliphatic carbocycles. The molecule has 0 spiro atoms. The summed E-state index contributed by atoms with van der Waals surface area (Å²) >= 11 is 0. The van der Waals surface area contributed by atoms with Gasteiger partial charge in [0.15, 0.2) is 0 Å². The van der Waals surface area contributed by atoms with Crippen LogP contribution in [0.1, 0.15) is 52.8 Å². The van der Waals surface area contributed by atoms with Crippen molar-refractivity contribution in [3.8, 4) is 0 Å². The van der Waals surface area contributed by atoms with E-state index in [1.807, 2.05) is 40.8 Å². The standard InChI is InChI=1S/C25H42N6O4S3/c1-24(2,3)20-11-10-12-21(26-13-15-36-37-16-14-27-25(4,5)6)22(20)28-29-23-30(7)17-19(31(23)8)18-35-38(32,33)34-9/h10-12,17,27H,13-16,18H2,1-9H3/p+1. The van der Waals surface area contributed by atoms with Gasteiger partial charge in [-0.2, -0.15) is 8.42 Å². The zero-order valence-corrected chi connectivity index (χ0v) is 26.4. The average molecular weight is 588 g/mol. The molecule has 0 aliphatic heterocycles. The Morgan fingerprint density at radius 3 is 2.32 bits per heavy atom. The van der Waals surface area contributed by atoms with Gasteiger partial charge in [-0.1, -0.05) is 59.6 Å². The van der Waals surface area contributed by atoms with E-state index in [0.29, 0.717) is 11.6 Å². The van der Waals surface area contributed by atoms with E-state index in [4.69, 9.17) is 4.18 Å². The van der Waals surface area contributed by atoms with Crippen LogP contribution < -0.4 is 15.2 Å². The quantitative estimate of drug-likeness (QED) is 0.135. The number of rotatable bonds is 14. The summed E-state index contributed by atoms with van der Waals surface area (Å²) in [6, 6.07) is 6.14. The van der Waals surface area contributed by atoms with Crippen molar-refractivity contribution in [2.45, 2.75) is 59.1 Å². The van der Waals surface area contributed by atoms with Crippen LogP contribution in [-0.2, 0) is 44.9 Å². The Morgan fingerprint density at radius 2 is 1.71 bits per heavy atom. The van der Waals surface area contributed by atoms with Gasteiger partial charge in [-0.05, 0) is 37.8 Å². The van der Waals surface area contributed by atoms with Gasteiger partial charge in [0.1, 0.15) is 24.2 Å². The second kappa shape index (κ2) is 14.1. The molecule has 2 N–H and O–H groups in total. The topological polar surface area (TPSA) is 110 Å². The molecule has 0 aliphatic rings. The van der Waals surface area contributed by atoms with E-state index in [2.05, 4.69) is 72.7 Å². The second-order valence-electron chi connectivity index (χ2n) is 10.8. The highest BCUT2D eigenvalue weighted by Gasteiger charge is 2.24. The van der Waals surface area contributed by atoms with E-state index >= 15 is 0 Å². The maximum atomic E-state index is 11.5. The third-order valence-corrected chi connectivity index (χ3v) is 8.68. The summed E-state index contributed by atoms with van der Waals surface area (Å²) in [6.07, 6.45) is 1.75. The van der Waals surface area contributed by atoms with Gasteiger partial charge in [-0.25, -0.2) is 13.3 Å². The van der Waals surface area contributed by atoms with Crippen LogP contribution >= 0.6 is 21.6 Å². The predicted octanol–water partition coefficient (Wildman–Crippen LogP) is 5.15. The summed E-state index contributed by atoms with van der Waals surface area (Å²) in [7, 11) is 4.35. The molecular weight excluding hydrogens is 545 g/mol. The van der Waals surface area contributed by atoms with Crippen LogP contribution in [0, 0.1) is 0 Å². The molecule has 13 heteroatoms. The number of hydrogen-bond donors (Lipinski definition) is 2. The number of aromatic nitrogens is 2. The van der Waals surface area contributed by atoms with Crippen LogP contribution in [-0.4, -0.2) is 50.2 Å². The largest absolute Gasteiger partial charge is 0.421 e. The fourth-order valence-corrected chi connectivity index (χ4v) is 5.67. The average Bonchev–Trinajstić information content (AvgIpc) is 3.09. The van der Waals surface area contributed by atoms with Crippen molar-refractivity contribution in [3.05, 3.63) is 35.7 Å². The van der Waals surface area contributed by atoms with E-state index in [0.717, 1.165) is 48.6 Å². The molecule has 2 rings (SSSR count). The molecule has 1 aromatic heterocycles. The van der Waals surface area contributed by atoms with Crippen LogP contribution in [0.25, 0.3) is 0 Å². The van der Waals surface area contributed by atoms with Gasteiger partial charge in [-0.15, -0.1) is 0 Å². The first kappa shape index (κ1) is 32.6. The monoisotopic (exact) mass is 587 g/mol. The lowest BCUT2D eigenvalue weighted by molar-refractivity contribution is -0.657. The van der Waals surface area contributed by atoms with Crippen LogP contribution in [0.15, 0.2) is 34.6 Å². The number of anilines is 1. The van der Waals surface area contributed by atoms with Gasteiger partial charge >= 0.3 is 16.3 Å². The highest BCUT2D eigenvalue weighted by atomic mass is 33.1. The van der Waals surface area contributed by atoms with Crippen LogP contribution in [0.5, 0.6) is 0 Å². The van der Waals surface area contributed by atoms with Crippen LogP contribution in [0.3, 0.4) is 0 Å². The predicted molar refractivity (Wildman–Crippen MR) is 158 cm³/mol. The minimum atomic E-state index is -4.04. The van der Waals surface area contributed by atoms with Crippen molar-refractivity contribution >= 4 is 49.3 Å². The Balaban J connectivity index is 2.14. The summed E-state index contributed by atoms with van der Waals surface area (Å²) in [5, 5.41) is 16.3. The molecule has 0 saturated heterocycles. The highest BCUT2D eigenvalue weighted by Crippen LogP contribution is 2.38. The molecule has 1 aromatic carbocycles. The molecule has 10 nitrogen and oxygen atoms in total. The first-order chi connectivity index (χ1) is 17.6.